The Morgan fingerprint density at radius 2 is 1.96 bits per heavy atom. The maximum Gasteiger partial charge on any atom is 0.331 e. The second-order valence-corrected chi connectivity index (χ2v) is 4.89. The summed E-state index contributed by atoms with van der Waals surface area (Å²) in [6.07, 6.45) is 1.36. The molecule has 0 atom stereocenters. The zero-order valence-corrected chi connectivity index (χ0v) is 12.7. The van der Waals surface area contributed by atoms with Crippen molar-refractivity contribution in [2.75, 3.05) is 11.1 Å². The first-order valence-corrected chi connectivity index (χ1v) is 6.77. The smallest absolute Gasteiger partial charge is 0.331 e. The van der Waals surface area contributed by atoms with Crippen molar-refractivity contribution in [1.82, 2.24) is 15.0 Å². The minimum absolute atomic E-state index is 0.0159. The van der Waals surface area contributed by atoms with Crippen molar-refractivity contribution < 1.29 is 13.9 Å². The summed E-state index contributed by atoms with van der Waals surface area (Å²) in [5, 5.41) is 2.87. The maximum atomic E-state index is 12.9. The van der Waals surface area contributed by atoms with E-state index in [1.54, 1.807) is 13.8 Å². The molecule has 2 rings (SSSR count). The van der Waals surface area contributed by atoms with Gasteiger partial charge in [0.25, 0.3) is 0 Å². The Balaban J connectivity index is 2.08. The second kappa shape index (κ2) is 7.30. The number of halogens is 1. The molecule has 0 radical (unpaired) electrons. The van der Waals surface area contributed by atoms with Crippen LogP contribution in [0, 0.1) is 5.82 Å². The Morgan fingerprint density at radius 3 is 2.61 bits per heavy atom. The number of hydrogen-bond donors (Lipinski definition) is 2. The molecular weight excluding hydrogens is 301 g/mol. The number of hydrogen-bond acceptors (Lipinski definition) is 7. The minimum atomic E-state index is -0.489. The number of nitrogens with one attached hydrogen (secondary N) is 1. The normalized spacial score (nSPS) is 10.0. The molecule has 2 aromatic rings. The van der Waals surface area contributed by atoms with Crippen LogP contribution in [0.3, 0.4) is 0 Å². The molecule has 0 saturated carbocycles. The van der Waals surface area contributed by atoms with Gasteiger partial charge in [0.15, 0.2) is 12.4 Å². The third kappa shape index (κ3) is 5.34. The van der Waals surface area contributed by atoms with Crippen molar-refractivity contribution in [3.8, 4) is 0 Å². The molecule has 0 unspecified atom stereocenters. The fourth-order valence-corrected chi connectivity index (χ4v) is 1.63. The molecule has 0 fully saturated rings. The van der Waals surface area contributed by atoms with Gasteiger partial charge in [0.05, 0.1) is 0 Å². The van der Waals surface area contributed by atoms with Crippen molar-refractivity contribution in [1.29, 1.82) is 0 Å². The predicted molar refractivity (Wildman–Crippen MR) is 83.1 cm³/mol. The number of esters is 1. The number of ether oxygens (including phenoxy) is 1. The van der Waals surface area contributed by atoms with Gasteiger partial charge in [-0.2, -0.15) is 15.0 Å². The first-order chi connectivity index (χ1) is 10.9. The van der Waals surface area contributed by atoms with Gasteiger partial charge in [0, 0.05) is 11.8 Å². The summed E-state index contributed by atoms with van der Waals surface area (Å²) in [4.78, 5) is 23.4. The Kier molecular flexibility index (Phi) is 5.19. The highest BCUT2D eigenvalue weighted by Gasteiger charge is 2.07. The molecule has 0 aliphatic heterocycles. The minimum Gasteiger partial charge on any atom is -0.454 e. The van der Waals surface area contributed by atoms with Crippen molar-refractivity contribution in [3.05, 3.63) is 47.6 Å². The van der Waals surface area contributed by atoms with E-state index in [0.29, 0.717) is 5.69 Å². The van der Waals surface area contributed by atoms with Crippen LogP contribution in [-0.2, 0) is 16.1 Å². The van der Waals surface area contributed by atoms with Gasteiger partial charge in [0.1, 0.15) is 5.82 Å². The molecule has 0 aliphatic rings. The van der Waals surface area contributed by atoms with Gasteiger partial charge >= 0.3 is 5.97 Å². The Bertz CT molecular complexity index is 727. The van der Waals surface area contributed by atoms with E-state index in [2.05, 4.69) is 20.3 Å². The van der Waals surface area contributed by atoms with Gasteiger partial charge in [-0.05, 0) is 38.1 Å². The van der Waals surface area contributed by atoms with Crippen LogP contribution in [-0.4, -0.2) is 20.9 Å². The van der Waals surface area contributed by atoms with Gasteiger partial charge in [-0.15, -0.1) is 0 Å². The third-order valence-electron chi connectivity index (χ3n) is 2.55. The molecule has 0 amide bonds. The zero-order chi connectivity index (χ0) is 16.8. The molecule has 1 aromatic heterocycles. The number of carbonyl (C=O) groups is 1. The lowest BCUT2D eigenvalue weighted by molar-refractivity contribution is -0.139. The van der Waals surface area contributed by atoms with Crippen LogP contribution in [0.25, 0.3) is 0 Å². The molecular formula is C15H16FN5O2. The van der Waals surface area contributed by atoms with Crippen molar-refractivity contribution >= 4 is 23.6 Å². The monoisotopic (exact) mass is 317 g/mol. The summed E-state index contributed by atoms with van der Waals surface area (Å²) in [6, 6.07) is 5.66. The van der Waals surface area contributed by atoms with Crippen molar-refractivity contribution in [2.45, 2.75) is 20.5 Å². The Hall–Kier alpha value is -3.03. The zero-order valence-electron chi connectivity index (χ0n) is 12.7. The van der Waals surface area contributed by atoms with Crippen LogP contribution >= 0.6 is 0 Å². The van der Waals surface area contributed by atoms with Crippen molar-refractivity contribution in [2.24, 2.45) is 0 Å². The van der Waals surface area contributed by atoms with Crippen molar-refractivity contribution in [3.63, 3.8) is 0 Å². The fourth-order valence-electron chi connectivity index (χ4n) is 1.63. The second-order valence-electron chi connectivity index (χ2n) is 4.89. The lowest BCUT2D eigenvalue weighted by Gasteiger charge is -2.07. The average molecular weight is 317 g/mol. The maximum absolute atomic E-state index is 12.9. The molecule has 0 bridgehead atoms. The van der Waals surface area contributed by atoms with E-state index in [9.17, 15) is 9.18 Å². The van der Waals surface area contributed by atoms with Gasteiger partial charge in [-0.1, -0.05) is 5.57 Å². The van der Waals surface area contributed by atoms with Gasteiger partial charge < -0.3 is 15.8 Å². The number of carbonyl (C=O) groups excluding carboxylic acids is 1. The van der Waals surface area contributed by atoms with Crippen LogP contribution in [0.15, 0.2) is 35.9 Å². The summed E-state index contributed by atoms with van der Waals surface area (Å²) in [5.41, 5.74) is 7.02. The van der Waals surface area contributed by atoms with E-state index < -0.39 is 5.97 Å². The van der Waals surface area contributed by atoms with Crippen LogP contribution in [0.2, 0.25) is 0 Å². The molecule has 7 nitrogen and oxygen atoms in total. The number of allylic oxidation sites excluding steroid dienone is 1. The summed E-state index contributed by atoms with van der Waals surface area (Å²) >= 11 is 0. The molecule has 3 N–H and O–H groups in total. The highest BCUT2D eigenvalue weighted by atomic mass is 19.1. The lowest BCUT2D eigenvalue weighted by atomic mass is 10.3. The number of nitrogen functional groups attached to an aromatic ring is 1. The quantitative estimate of drug-likeness (QED) is 0.644. The topological polar surface area (TPSA) is 103 Å². The Labute approximate surface area is 132 Å². The highest BCUT2D eigenvalue weighted by molar-refractivity contribution is 5.82. The average Bonchev–Trinajstić information content (AvgIpc) is 2.46. The first kappa shape index (κ1) is 16.3. The molecule has 1 aromatic carbocycles. The number of anilines is 3. The van der Waals surface area contributed by atoms with Gasteiger partial charge in [-0.25, -0.2) is 9.18 Å². The molecule has 0 saturated heterocycles. The van der Waals surface area contributed by atoms with Crippen LogP contribution in [0.5, 0.6) is 0 Å². The van der Waals surface area contributed by atoms with Crippen LogP contribution < -0.4 is 11.1 Å². The summed E-state index contributed by atoms with van der Waals surface area (Å²) < 4.78 is 17.9. The van der Waals surface area contributed by atoms with E-state index in [-0.39, 0.29) is 30.1 Å². The standard InChI is InChI=1S/C15H16FN5O2/c1-9(2)7-13(22)23-8-12-19-14(17)21-15(20-12)18-11-5-3-10(16)4-6-11/h3-7H,8H2,1-2H3,(H3,17,18,19,20,21). The molecule has 0 spiro atoms. The van der Waals surface area contributed by atoms with Crippen LogP contribution in [0.1, 0.15) is 19.7 Å². The molecule has 0 aliphatic carbocycles. The number of rotatable bonds is 5. The number of aromatic nitrogens is 3. The predicted octanol–water partition coefficient (Wildman–Crippen LogP) is 2.35. The Morgan fingerprint density at radius 1 is 1.26 bits per heavy atom. The SMILES string of the molecule is CC(C)=CC(=O)OCc1nc(N)nc(Nc2ccc(F)cc2)n1. The largest absolute Gasteiger partial charge is 0.454 e. The number of benzene rings is 1. The van der Waals surface area contributed by atoms with Crippen LogP contribution in [0.4, 0.5) is 22.0 Å². The molecule has 23 heavy (non-hydrogen) atoms. The third-order valence-corrected chi connectivity index (χ3v) is 2.55. The lowest BCUT2D eigenvalue weighted by Crippen LogP contribution is -2.10. The summed E-state index contributed by atoms with van der Waals surface area (Å²) in [5.74, 6) is -0.470. The fraction of sp³-hybridized carbons (Fsp3) is 0.200. The molecule has 1 heterocycles. The van der Waals surface area contributed by atoms with Gasteiger partial charge in [0.2, 0.25) is 11.9 Å². The van der Waals surface area contributed by atoms with E-state index in [1.165, 1.54) is 30.3 Å². The molecule has 120 valence electrons. The van der Waals surface area contributed by atoms with E-state index in [0.717, 1.165) is 5.57 Å². The van der Waals surface area contributed by atoms with E-state index in [1.807, 2.05) is 0 Å². The van der Waals surface area contributed by atoms with E-state index >= 15 is 0 Å². The molecule has 8 heteroatoms. The summed E-state index contributed by atoms with van der Waals surface area (Å²) in [6.45, 7) is 3.44. The number of nitrogens with zero attached hydrogens (tertiary/aromatic N) is 3. The highest BCUT2D eigenvalue weighted by Crippen LogP contribution is 2.14. The number of nitrogens with two attached hydrogens (primary N) is 1. The first-order valence-electron chi connectivity index (χ1n) is 6.77. The summed E-state index contributed by atoms with van der Waals surface area (Å²) in [7, 11) is 0. The van der Waals surface area contributed by atoms with Gasteiger partial charge in [-0.3, -0.25) is 0 Å². The van der Waals surface area contributed by atoms with E-state index in [4.69, 9.17) is 10.5 Å².